The zero-order valence-corrected chi connectivity index (χ0v) is 28.8. The van der Waals surface area contributed by atoms with Crippen LogP contribution in [0.3, 0.4) is 0 Å². The van der Waals surface area contributed by atoms with Gasteiger partial charge in [0.1, 0.15) is 11.5 Å². The van der Waals surface area contributed by atoms with Crippen LogP contribution in [-0.4, -0.2) is 0 Å². The summed E-state index contributed by atoms with van der Waals surface area (Å²) >= 11 is 0. The van der Waals surface area contributed by atoms with Gasteiger partial charge in [0, 0.05) is 0 Å². The van der Waals surface area contributed by atoms with Gasteiger partial charge in [0.15, 0.2) is 0 Å². The smallest absolute Gasteiger partial charge is 0.130 e. The van der Waals surface area contributed by atoms with Crippen molar-refractivity contribution in [1.82, 2.24) is 0 Å². The molecule has 0 bridgehead atoms. The molecular formula is C42H70O. The third-order valence-corrected chi connectivity index (χ3v) is 9.28. The number of hydrogen-bond acceptors (Lipinski definition) is 1. The van der Waals surface area contributed by atoms with Gasteiger partial charge in [-0.2, -0.15) is 0 Å². The van der Waals surface area contributed by atoms with Crippen LogP contribution in [0, 0.1) is 0 Å². The molecule has 0 spiro atoms. The number of aryl methyl sites for hydroxylation is 1. The van der Waals surface area contributed by atoms with E-state index in [1.807, 2.05) is 0 Å². The summed E-state index contributed by atoms with van der Waals surface area (Å²) in [5.74, 6) is 2.03. The summed E-state index contributed by atoms with van der Waals surface area (Å²) < 4.78 is 6.43. The van der Waals surface area contributed by atoms with Crippen LogP contribution in [0.2, 0.25) is 0 Å². The van der Waals surface area contributed by atoms with Crippen molar-refractivity contribution < 1.29 is 4.74 Å². The summed E-state index contributed by atoms with van der Waals surface area (Å²) in [6, 6.07) is 17.1. The Morgan fingerprint density at radius 3 is 1.21 bits per heavy atom. The summed E-state index contributed by atoms with van der Waals surface area (Å²) in [4.78, 5) is 0. The minimum Gasteiger partial charge on any atom is -0.457 e. The fourth-order valence-electron chi connectivity index (χ4n) is 6.49. The van der Waals surface area contributed by atoms with E-state index in [1.165, 1.54) is 184 Å². The summed E-state index contributed by atoms with van der Waals surface area (Å²) in [6.45, 7) is 4.61. The fraction of sp³-hybridized carbons (Fsp3) is 0.714. The van der Waals surface area contributed by atoms with Crippen LogP contribution in [0.4, 0.5) is 0 Å². The van der Waals surface area contributed by atoms with Crippen molar-refractivity contribution in [2.24, 2.45) is 0 Å². The van der Waals surface area contributed by atoms with Crippen molar-refractivity contribution in [2.75, 3.05) is 0 Å². The number of hydrogen-bond donors (Lipinski definition) is 0. The first-order chi connectivity index (χ1) is 21.3. The number of ether oxygens (including phenoxy) is 1. The quantitative estimate of drug-likeness (QED) is 0.0822. The minimum atomic E-state index is 0.951. The SMILES string of the molecule is CCCCCCCCCCCCCCCc1cccc(Oc2ccccc2)c1CCCCCCCCCCCCCCC. The van der Waals surface area contributed by atoms with Crippen LogP contribution in [0.15, 0.2) is 48.5 Å². The van der Waals surface area contributed by atoms with Crippen molar-refractivity contribution in [3.05, 3.63) is 59.7 Å². The van der Waals surface area contributed by atoms with E-state index < -0.39 is 0 Å². The molecule has 0 aliphatic rings. The first kappa shape index (κ1) is 37.4. The number of unbranched alkanes of at least 4 members (excludes halogenated alkanes) is 24. The van der Waals surface area contributed by atoms with Gasteiger partial charge in [-0.15, -0.1) is 0 Å². The van der Waals surface area contributed by atoms with Crippen LogP contribution in [0.25, 0.3) is 0 Å². The predicted molar refractivity (Wildman–Crippen MR) is 192 cm³/mol. The molecule has 0 atom stereocenters. The molecule has 0 aliphatic carbocycles. The maximum Gasteiger partial charge on any atom is 0.130 e. The van der Waals surface area contributed by atoms with E-state index in [1.54, 1.807) is 0 Å². The van der Waals surface area contributed by atoms with Gasteiger partial charge in [-0.25, -0.2) is 0 Å². The van der Waals surface area contributed by atoms with Crippen molar-refractivity contribution in [3.8, 4) is 11.5 Å². The molecule has 0 saturated carbocycles. The Hall–Kier alpha value is -1.76. The molecule has 0 N–H and O–H groups in total. The second-order valence-corrected chi connectivity index (χ2v) is 13.3. The van der Waals surface area contributed by atoms with Gasteiger partial charge in [0.2, 0.25) is 0 Å². The highest BCUT2D eigenvalue weighted by Gasteiger charge is 2.11. The number of rotatable bonds is 30. The van der Waals surface area contributed by atoms with E-state index in [0.29, 0.717) is 0 Å². The molecule has 43 heavy (non-hydrogen) atoms. The Bertz CT molecular complexity index is 856. The molecule has 1 nitrogen and oxygen atoms in total. The summed E-state index contributed by atoms with van der Waals surface area (Å²) in [5, 5.41) is 0. The van der Waals surface area contributed by atoms with Gasteiger partial charge < -0.3 is 4.74 Å². The highest BCUT2D eigenvalue weighted by Crippen LogP contribution is 2.30. The topological polar surface area (TPSA) is 9.23 Å². The zero-order valence-electron chi connectivity index (χ0n) is 28.8. The molecule has 2 rings (SSSR count). The lowest BCUT2D eigenvalue weighted by Gasteiger charge is -2.16. The van der Waals surface area contributed by atoms with Crippen molar-refractivity contribution in [3.63, 3.8) is 0 Å². The molecule has 0 saturated heterocycles. The summed E-state index contributed by atoms with van der Waals surface area (Å²) in [6.07, 6.45) is 39.0. The third kappa shape index (κ3) is 20.0. The molecule has 0 radical (unpaired) electrons. The lowest BCUT2D eigenvalue weighted by atomic mass is 9.95. The van der Waals surface area contributed by atoms with Gasteiger partial charge in [0.25, 0.3) is 0 Å². The van der Waals surface area contributed by atoms with E-state index in [-0.39, 0.29) is 0 Å². The minimum absolute atomic E-state index is 0.951. The highest BCUT2D eigenvalue weighted by atomic mass is 16.5. The Balaban J connectivity index is 1.66. The van der Waals surface area contributed by atoms with Gasteiger partial charge in [0.05, 0.1) is 0 Å². The van der Waals surface area contributed by atoms with Gasteiger partial charge in [-0.3, -0.25) is 0 Å². The molecule has 0 amide bonds. The van der Waals surface area contributed by atoms with Crippen molar-refractivity contribution in [2.45, 2.75) is 194 Å². The van der Waals surface area contributed by atoms with E-state index in [0.717, 1.165) is 17.9 Å². The molecule has 0 fully saturated rings. The predicted octanol–water partition coefficient (Wildman–Crippen LogP) is 14.7. The lowest BCUT2D eigenvalue weighted by molar-refractivity contribution is 0.472. The first-order valence-corrected chi connectivity index (χ1v) is 19.2. The number of benzene rings is 2. The van der Waals surface area contributed by atoms with Crippen LogP contribution < -0.4 is 4.74 Å². The number of para-hydroxylation sites is 1. The molecule has 1 heteroatoms. The summed E-state index contributed by atoms with van der Waals surface area (Å²) in [7, 11) is 0. The first-order valence-electron chi connectivity index (χ1n) is 19.2. The van der Waals surface area contributed by atoms with E-state index in [9.17, 15) is 0 Å². The van der Waals surface area contributed by atoms with Gasteiger partial charge in [-0.1, -0.05) is 198 Å². The zero-order chi connectivity index (χ0) is 30.5. The molecule has 2 aromatic carbocycles. The monoisotopic (exact) mass is 591 g/mol. The van der Waals surface area contributed by atoms with Crippen molar-refractivity contribution >= 4 is 0 Å². The lowest BCUT2D eigenvalue weighted by Crippen LogP contribution is -1.99. The Labute approximate surface area is 269 Å². The molecule has 0 heterocycles. The highest BCUT2D eigenvalue weighted by molar-refractivity contribution is 5.43. The second-order valence-electron chi connectivity index (χ2n) is 13.3. The molecule has 0 unspecified atom stereocenters. The van der Waals surface area contributed by atoms with Gasteiger partial charge >= 0.3 is 0 Å². The van der Waals surface area contributed by atoms with Crippen LogP contribution in [0.5, 0.6) is 11.5 Å². The second kappa shape index (κ2) is 27.8. The molecular weight excluding hydrogens is 520 g/mol. The maximum atomic E-state index is 6.43. The summed E-state index contributed by atoms with van der Waals surface area (Å²) in [5.41, 5.74) is 2.99. The largest absolute Gasteiger partial charge is 0.457 e. The molecule has 244 valence electrons. The average Bonchev–Trinajstić information content (AvgIpc) is 3.03. The van der Waals surface area contributed by atoms with Crippen LogP contribution >= 0.6 is 0 Å². The van der Waals surface area contributed by atoms with E-state index in [4.69, 9.17) is 4.74 Å². The Morgan fingerprint density at radius 1 is 0.372 bits per heavy atom. The Kier molecular flexibility index (Phi) is 24.2. The fourth-order valence-corrected chi connectivity index (χ4v) is 6.49. The Morgan fingerprint density at radius 2 is 0.767 bits per heavy atom. The third-order valence-electron chi connectivity index (χ3n) is 9.28. The molecule has 2 aromatic rings. The van der Waals surface area contributed by atoms with Crippen LogP contribution in [0.1, 0.15) is 192 Å². The van der Waals surface area contributed by atoms with Crippen LogP contribution in [-0.2, 0) is 12.8 Å². The standard InChI is InChI=1S/C42H70O/c1-3-5-7-9-11-13-15-17-19-21-23-25-28-33-39-34-32-38-42(43-40-35-29-27-30-36-40)41(39)37-31-26-24-22-20-18-16-14-12-10-8-6-4-2/h27,29-30,32,34-36,38H,3-26,28,31,33,37H2,1-2H3. The average molecular weight is 591 g/mol. The normalized spacial score (nSPS) is 11.3. The van der Waals surface area contributed by atoms with E-state index in [2.05, 4.69) is 62.4 Å². The van der Waals surface area contributed by atoms with E-state index >= 15 is 0 Å². The van der Waals surface area contributed by atoms with Gasteiger partial charge in [-0.05, 0) is 55.0 Å². The van der Waals surface area contributed by atoms with Crippen molar-refractivity contribution in [1.29, 1.82) is 0 Å². The molecule has 0 aromatic heterocycles. The molecule has 0 aliphatic heterocycles. The maximum absolute atomic E-state index is 6.43.